The fourth-order valence-electron chi connectivity index (χ4n) is 1.60. The molecule has 1 aliphatic heterocycles. The van der Waals surface area contributed by atoms with E-state index in [2.05, 4.69) is 43.5 Å². The molecule has 19 heavy (non-hydrogen) atoms. The van der Waals surface area contributed by atoms with Crippen LogP contribution in [0.1, 0.15) is 19.6 Å². The molecule has 0 radical (unpaired) electrons. The third kappa shape index (κ3) is 3.25. The van der Waals surface area contributed by atoms with Crippen molar-refractivity contribution < 1.29 is 9.21 Å². The van der Waals surface area contributed by atoms with Crippen molar-refractivity contribution in [2.75, 3.05) is 13.1 Å². The van der Waals surface area contributed by atoms with E-state index >= 15 is 0 Å². The van der Waals surface area contributed by atoms with E-state index in [9.17, 15) is 4.79 Å². The Morgan fingerprint density at radius 3 is 2.84 bits per heavy atom. The van der Waals surface area contributed by atoms with Gasteiger partial charge in [-0.3, -0.25) is 14.7 Å². The van der Waals surface area contributed by atoms with Gasteiger partial charge in [0.25, 0.3) is 5.91 Å². The van der Waals surface area contributed by atoms with Crippen LogP contribution in [-0.4, -0.2) is 29.1 Å². The average Bonchev–Trinajstić information content (AvgIpc) is 2.82. The summed E-state index contributed by atoms with van der Waals surface area (Å²) in [6.07, 6.45) is 1.76. The van der Waals surface area contributed by atoms with Crippen molar-refractivity contribution in [3.05, 3.63) is 25.0 Å². The van der Waals surface area contributed by atoms with Crippen molar-refractivity contribution in [3.8, 4) is 0 Å². The number of nitrogens with zero attached hydrogens (tertiary/aromatic N) is 2. The van der Waals surface area contributed by atoms with E-state index in [1.54, 1.807) is 11.0 Å². The van der Waals surface area contributed by atoms with Gasteiger partial charge in [0.2, 0.25) is 0 Å². The summed E-state index contributed by atoms with van der Waals surface area (Å²) in [7, 11) is 0. The van der Waals surface area contributed by atoms with Gasteiger partial charge in [-0.15, -0.1) is 0 Å². The SMILES string of the molecule is CCN=C1S/C(=C\c2cc(Br)c(I)o2)C(=O)N1CC. The van der Waals surface area contributed by atoms with E-state index < -0.39 is 0 Å². The molecule has 0 N–H and O–H groups in total. The minimum atomic E-state index is -0.0118. The summed E-state index contributed by atoms with van der Waals surface area (Å²) in [6, 6.07) is 1.86. The van der Waals surface area contributed by atoms with Gasteiger partial charge < -0.3 is 4.42 Å². The third-order valence-electron chi connectivity index (χ3n) is 2.44. The lowest BCUT2D eigenvalue weighted by molar-refractivity contribution is -0.122. The molecule has 0 saturated carbocycles. The van der Waals surface area contributed by atoms with Crippen LogP contribution in [0.2, 0.25) is 0 Å². The number of amidine groups is 1. The van der Waals surface area contributed by atoms with E-state index in [4.69, 9.17) is 4.42 Å². The van der Waals surface area contributed by atoms with Crippen LogP contribution < -0.4 is 0 Å². The number of carbonyl (C=O) groups is 1. The lowest BCUT2D eigenvalue weighted by atomic mass is 10.3. The number of thioether (sulfide) groups is 1. The number of hydrogen-bond donors (Lipinski definition) is 0. The molecule has 0 aromatic carbocycles. The van der Waals surface area contributed by atoms with Crippen LogP contribution in [0.25, 0.3) is 6.08 Å². The maximum absolute atomic E-state index is 12.2. The first-order chi connectivity index (χ1) is 9.06. The van der Waals surface area contributed by atoms with Gasteiger partial charge in [-0.25, -0.2) is 0 Å². The Hall–Kier alpha value is -0.280. The molecule has 7 heteroatoms. The molecule has 0 unspecified atom stereocenters. The highest BCUT2D eigenvalue weighted by Gasteiger charge is 2.32. The molecule has 1 aromatic heterocycles. The standard InChI is InChI=1S/C12H12BrIN2O2S/c1-3-15-12-16(4-2)11(17)9(19-12)6-7-5-8(13)10(14)18-7/h5-6H,3-4H2,1-2H3/b9-6-,15-12?. The highest BCUT2D eigenvalue weighted by molar-refractivity contribution is 14.1. The van der Waals surface area contributed by atoms with Gasteiger partial charge in [0, 0.05) is 41.8 Å². The molecule has 1 saturated heterocycles. The molecule has 1 aromatic rings. The van der Waals surface area contributed by atoms with Crippen LogP contribution in [-0.2, 0) is 4.79 Å². The van der Waals surface area contributed by atoms with Crippen molar-refractivity contribution in [1.29, 1.82) is 0 Å². The molecule has 0 aliphatic carbocycles. The summed E-state index contributed by atoms with van der Waals surface area (Å²) in [5.74, 6) is 0.656. The van der Waals surface area contributed by atoms with Crippen molar-refractivity contribution in [1.82, 2.24) is 4.90 Å². The van der Waals surface area contributed by atoms with Gasteiger partial charge in [0.15, 0.2) is 8.93 Å². The van der Waals surface area contributed by atoms with Crippen molar-refractivity contribution in [2.45, 2.75) is 13.8 Å². The third-order valence-corrected chi connectivity index (χ3v) is 5.61. The average molecular weight is 455 g/mol. The second-order valence-electron chi connectivity index (χ2n) is 3.69. The molecule has 1 amide bonds. The Morgan fingerprint density at radius 2 is 2.32 bits per heavy atom. The topological polar surface area (TPSA) is 45.8 Å². The Balaban J connectivity index is 2.31. The monoisotopic (exact) mass is 454 g/mol. The van der Waals surface area contributed by atoms with E-state index in [-0.39, 0.29) is 5.91 Å². The zero-order valence-corrected chi connectivity index (χ0v) is 15.0. The van der Waals surface area contributed by atoms with Gasteiger partial charge in [-0.2, -0.15) is 0 Å². The molecule has 0 bridgehead atoms. The van der Waals surface area contributed by atoms with E-state index in [0.29, 0.717) is 23.8 Å². The Kier molecular flexibility index (Phi) is 5.13. The van der Waals surface area contributed by atoms with Gasteiger partial charge >= 0.3 is 0 Å². The predicted octanol–water partition coefficient (Wildman–Crippen LogP) is 3.96. The maximum atomic E-state index is 12.2. The van der Waals surface area contributed by atoms with Crippen LogP contribution in [0, 0.1) is 3.77 Å². The van der Waals surface area contributed by atoms with Crippen LogP contribution in [0.15, 0.2) is 24.9 Å². The lowest BCUT2D eigenvalue weighted by Crippen LogP contribution is -2.28. The normalized spacial score (nSPS) is 20.0. The van der Waals surface area contributed by atoms with E-state index in [1.807, 2.05) is 19.9 Å². The number of hydrogen-bond acceptors (Lipinski definition) is 4. The largest absolute Gasteiger partial charge is 0.450 e. The number of aliphatic imine (C=N–C) groups is 1. The fourth-order valence-corrected chi connectivity index (χ4v) is 3.41. The highest BCUT2D eigenvalue weighted by Crippen LogP contribution is 2.33. The number of halogens is 2. The summed E-state index contributed by atoms with van der Waals surface area (Å²) < 4.78 is 7.19. The number of rotatable bonds is 3. The summed E-state index contributed by atoms with van der Waals surface area (Å²) in [5, 5.41) is 0.765. The molecule has 0 spiro atoms. The zero-order chi connectivity index (χ0) is 14.0. The zero-order valence-electron chi connectivity index (χ0n) is 10.4. The molecule has 2 heterocycles. The molecule has 102 valence electrons. The fraction of sp³-hybridized carbons (Fsp3) is 0.333. The Labute approximate surface area is 138 Å². The van der Waals surface area contributed by atoms with Gasteiger partial charge in [0.1, 0.15) is 5.76 Å². The molecule has 1 fully saturated rings. The summed E-state index contributed by atoms with van der Waals surface area (Å²) in [5.41, 5.74) is 0. The molecule has 4 nitrogen and oxygen atoms in total. The van der Waals surface area contributed by atoms with Crippen LogP contribution in [0.4, 0.5) is 0 Å². The van der Waals surface area contributed by atoms with Crippen LogP contribution in [0.5, 0.6) is 0 Å². The molecule has 2 rings (SSSR count). The Bertz CT molecular complexity index is 549. The molecular formula is C12H12BrIN2O2S. The number of carbonyl (C=O) groups excluding carboxylic acids is 1. The van der Waals surface area contributed by atoms with E-state index in [0.717, 1.165) is 13.4 Å². The first-order valence-electron chi connectivity index (χ1n) is 5.77. The van der Waals surface area contributed by atoms with Crippen LogP contribution in [0.3, 0.4) is 0 Å². The summed E-state index contributed by atoms with van der Waals surface area (Å²) >= 11 is 6.88. The quantitative estimate of drug-likeness (QED) is 0.513. The van der Waals surface area contributed by atoms with Gasteiger partial charge in [0.05, 0.1) is 9.38 Å². The van der Waals surface area contributed by atoms with Crippen molar-refractivity contribution >= 4 is 67.4 Å². The summed E-state index contributed by atoms with van der Waals surface area (Å²) in [6.45, 7) is 5.20. The minimum Gasteiger partial charge on any atom is -0.450 e. The number of likely N-dealkylation sites (N-methyl/N-ethyl adjacent to an activating group) is 1. The first-order valence-corrected chi connectivity index (χ1v) is 8.46. The van der Waals surface area contributed by atoms with Crippen LogP contribution >= 0.6 is 50.3 Å². The number of furan rings is 1. The first kappa shape index (κ1) is 15.1. The van der Waals surface area contributed by atoms with Gasteiger partial charge in [-0.05, 0) is 47.6 Å². The molecule has 0 atom stereocenters. The smallest absolute Gasteiger partial charge is 0.266 e. The maximum Gasteiger partial charge on any atom is 0.266 e. The second kappa shape index (κ2) is 6.45. The second-order valence-corrected chi connectivity index (χ2v) is 6.53. The number of amides is 1. The van der Waals surface area contributed by atoms with E-state index in [1.165, 1.54) is 11.8 Å². The Morgan fingerprint density at radius 1 is 1.58 bits per heavy atom. The highest BCUT2D eigenvalue weighted by atomic mass is 127. The lowest BCUT2D eigenvalue weighted by Gasteiger charge is -2.11. The van der Waals surface area contributed by atoms with Crippen molar-refractivity contribution in [2.24, 2.45) is 4.99 Å². The minimum absolute atomic E-state index is 0.0118. The summed E-state index contributed by atoms with van der Waals surface area (Å²) in [4.78, 5) is 18.9. The predicted molar refractivity (Wildman–Crippen MR) is 90.1 cm³/mol. The van der Waals surface area contributed by atoms with Crippen molar-refractivity contribution in [3.63, 3.8) is 0 Å². The molecular weight excluding hydrogens is 443 g/mol. The van der Waals surface area contributed by atoms with Gasteiger partial charge in [-0.1, -0.05) is 0 Å². The molecule has 1 aliphatic rings.